The van der Waals surface area contributed by atoms with Gasteiger partial charge in [0, 0.05) is 29.1 Å². The molecule has 2 atom stereocenters. The van der Waals surface area contributed by atoms with Crippen molar-refractivity contribution in [2.45, 2.75) is 31.8 Å². The van der Waals surface area contributed by atoms with E-state index in [1.807, 2.05) is 6.07 Å². The molecule has 0 aliphatic heterocycles. The number of nitro benzene ring substituents is 1. The standard InChI is InChI=1S/C16H18N2O2S/c1-11(13-4-2-5-14(10-13)18(19)20)17-16(12-7-8-12)15-6-3-9-21-15/h2-6,9-12,16-17H,7-8H2,1H3. The van der Waals surface area contributed by atoms with E-state index in [4.69, 9.17) is 0 Å². The highest BCUT2D eigenvalue weighted by molar-refractivity contribution is 7.10. The van der Waals surface area contributed by atoms with Gasteiger partial charge in [-0.15, -0.1) is 11.3 Å². The van der Waals surface area contributed by atoms with Crippen molar-refractivity contribution in [1.29, 1.82) is 0 Å². The van der Waals surface area contributed by atoms with Crippen molar-refractivity contribution in [3.63, 3.8) is 0 Å². The molecule has 0 bridgehead atoms. The van der Waals surface area contributed by atoms with Crippen molar-refractivity contribution in [3.8, 4) is 0 Å². The lowest BCUT2D eigenvalue weighted by atomic mass is 10.0. The molecule has 1 N–H and O–H groups in total. The fourth-order valence-electron chi connectivity index (χ4n) is 2.62. The molecule has 1 aliphatic carbocycles. The van der Waals surface area contributed by atoms with Crippen LogP contribution in [-0.2, 0) is 0 Å². The van der Waals surface area contributed by atoms with Crippen molar-refractivity contribution in [3.05, 3.63) is 62.3 Å². The third-order valence-electron chi connectivity index (χ3n) is 3.95. The van der Waals surface area contributed by atoms with E-state index >= 15 is 0 Å². The predicted octanol–water partition coefficient (Wildman–Crippen LogP) is 4.46. The number of benzene rings is 1. The molecule has 1 aromatic heterocycles. The highest BCUT2D eigenvalue weighted by Gasteiger charge is 2.33. The van der Waals surface area contributed by atoms with Crippen LogP contribution in [0.5, 0.6) is 0 Å². The quantitative estimate of drug-likeness (QED) is 0.633. The first-order valence-corrected chi connectivity index (χ1v) is 8.07. The van der Waals surface area contributed by atoms with Crippen LogP contribution in [0, 0.1) is 16.0 Å². The second kappa shape index (κ2) is 5.95. The number of nitrogens with zero attached hydrogens (tertiary/aromatic N) is 1. The van der Waals surface area contributed by atoms with Gasteiger partial charge >= 0.3 is 0 Å². The molecule has 0 radical (unpaired) electrons. The molecule has 2 unspecified atom stereocenters. The van der Waals surface area contributed by atoms with Crippen LogP contribution in [-0.4, -0.2) is 4.92 Å². The molecule has 0 saturated heterocycles. The lowest BCUT2D eigenvalue weighted by Crippen LogP contribution is -2.25. The molecule has 21 heavy (non-hydrogen) atoms. The number of hydrogen-bond donors (Lipinski definition) is 1. The lowest BCUT2D eigenvalue weighted by molar-refractivity contribution is -0.384. The normalized spacial score (nSPS) is 17.4. The summed E-state index contributed by atoms with van der Waals surface area (Å²) in [6, 6.07) is 11.6. The fourth-order valence-corrected chi connectivity index (χ4v) is 3.50. The van der Waals surface area contributed by atoms with Crippen molar-refractivity contribution in [1.82, 2.24) is 5.32 Å². The van der Waals surface area contributed by atoms with Crippen LogP contribution in [0.1, 0.15) is 42.3 Å². The summed E-state index contributed by atoms with van der Waals surface area (Å²) in [7, 11) is 0. The Bertz CT molecular complexity index is 623. The third kappa shape index (κ3) is 3.31. The van der Waals surface area contributed by atoms with Crippen molar-refractivity contribution in [2.75, 3.05) is 0 Å². The first kappa shape index (κ1) is 14.2. The lowest BCUT2D eigenvalue weighted by Gasteiger charge is -2.22. The van der Waals surface area contributed by atoms with Crippen LogP contribution in [0.2, 0.25) is 0 Å². The van der Waals surface area contributed by atoms with E-state index in [2.05, 4.69) is 29.8 Å². The maximum Gasteiger partial charge on any atom is 0.269 e. The Kier molecular flexibility index (Phi) is 4.03. The predicted molar refractivity (Wildman–Crippen MR) is 84.4 cm³/mol. The van der Waals surface area contributed by atoms with E-state index < -0.39 is 0 Å². The number of thiophene rings is 1. The molecule has 0 amide bonds. The van der Waals surface area contributed by atoms with Crippen LogP contribution in [0.3, 0.4) is 0 Å². The summed E-state index contributed by atoms with van der Waals surface area (Å²) in [4.78, 5) is 11.9. The van der Waals surface area contributed by atoms with Crippen LogP contribution in [0.4, 0.5) is 5.69 Å². The average Bonchev–Trinajstić information content (AvgIpc) is 3.18. The van der Waals surface area contributed by atoms with Gasteiger partial charge in [-0.1, -0.05) is 18.2 Å². The molecule has 4 nitrogen and oxygen atoms in total. The van der Waals surface area contributed by atoms with E-state index in [0.29, 0.717) is 12.0 Å². The molecule has 2 aromatic rings. The van der Waals surface area contributed by atoms with Gasteiger partial charge in [-0.05, 0) is 42.7 Å². The van der Waals surface area contributed by atoms with Gasteiger partial charge in [-0.2, -0.15) is 0 Å². The van der Waals surface area contributed by atoms with Crippen molar-refractivity contribution < 1.29 is 4.92 Å². The maximum atomic E-state index is 10.9. The minimum absolute atomic E-state index is 0.0950. The summed E-state index contributed by atoms with van der Waals surface area (Å²) in [5, 5.41) is 16.6. The third-order valence-corrected chi connectivity index (χ3v) is 4.91. The molecule has 1 aliphatic rings. The number of rotatable bonds is 6. The highest BCUT2D eigenvalue weighted by Crippen LogP contribution is 2.43. The molecule has 1 aromatic carbocycles. The molecule has 1 saturated carbocycles. The molecule has 0 spiro atoms. The van der Waals surface area contributed by atoms with Crippen LogP contribution in [0.15, 0.2) is 41.8 Å². The fraction of sp³-hybridized carbons (Fsp3) is 0.375. The largest absolute Gasteiger partial charge is 0.302 e. The van der Waals surface area contributed by atoms with Crippen LogP contribution < -0.4 is 5.32 Å². The Hall–Kier alpha value is -1.72. The second-order valence-electron chi connectivity index (χ2n) is 5.57. The van der Waals surface area contributed by atoms with Gasteiger partial charge in [-0.25, -0.2) is 0 Å². The van der Waals surface area contributed by atoms with E-state index in [1.165, 1.54) is 23.8 Å². The first-order valence-electron chi connectivity index (χ1n) is 7.19. The van der Waals surface area contributed by atoms with E-state index in [9.17, 15) is 10.1 Å². The van der Waals surface area contributed by atoms with Crippen molar-refractivity contribution >= 4 is 17.0 Å². The van der Waals surface area contributed by atoms with Gasteiger partial charge < -0.3 is 5.32 Å². The van der Waals surface area contributed by atoms with Gasteiger partial charge in [0.2, 0.25) is 0 Å². The minimum Gasteiger partial charge on any atom is -0.302 e. The smallest absolute Gasteiger partial charge is 0.269 e. The number of hydrogen-bond acceptors (Lipinski definition) is 4. The molecule has 3 rings (SSSR count). The van der Waals surface area contributed by atoms with Crippen molar-refractivity contribution in [2.24, 2.45) is 5.92 Å². The molecule has 110 valence electrons. The van der Waals surface area contributed by atoms with Gasteiger partial charge in [0.05, 0.1) is 4.92 Å². The summed E-state index contributed by atoms with van der Waals surface area (Å²) in [5.74, 6) is 0.699. The number of nitrogens with one attached hydrogen (secondary N) is 1. The Morgan fingerprint density at radius 3 is 2.76 bits per heavy atom. The van der Waals surface area contributed by atoms with E-state index in [0.717, 1.165) is 5.56 Å². The number of nitro groups is 1. The molecular formula is C16H18N2O2S. The van der Waals surface area contributed by atoms with Gasteiger partial charge in [0.1, 0.15) is 0 Å². The van der Waals surface area contributed by atoms with E-state index in [-0.39, 0.29) is 16.7 Å². The topological polar surface area (TPSA) is 55.2 Å². The monoisotopic (exact) mass is 302 g/mol. The Balaban J connectivity index is 1.77. The average molecular weight is 302 g/mol. The summed E-state index contributed by atoms with van der Waals surface area (Å²) in [5.41, 5.74) is 1.12. The van der Waals surface area contributed by atoms with E-state index in [1.54, 1.807) is 23.5 Å². The summed E-state index contributed by atoms with van der Waals surface area (Å²) < 4.78 is 0. The molecular weight excluding hydrogens is 284 g/mol. The van der Waals surface area contributed by atoms with Crippen LogP contribution >= 0.6 is 11.3 Å². The molecule has 5 heteroatoms. The number of non-ortho nitro benzene ring substituents is 1. The zero-order valence-electron chi connectivity index (χ0n) is 11.9. The second-order valence-corrected chi connectivity index (χ2v) is 6.55. The Morgan fingerprint density at radius 2 is 2.14 bits per heavy atom. The summed E-state index contributed by atoms with van der Waals surface area (Å²) in [6.45, 7) is 2.07. The van der Waals surface area contributed by atoms with Gasteiger partial charge in [-0.3, -0.25) is 10.1 Å². The zero-order chi connectivity index (χ0) is 14.8. The Labute approximate surface area is 128 Å². The summed E-state index contributed by atoms with van der Waals surface area (Å²) in [6.07, 6.45) is 2.52. The maximum absolute atomic E-state index is 10.9. The molecule has 1 fully saturated rings. The summed E-state index contributed by atoms with van der Waals surface area (Å²) >= 11 is 1.77. The van der Waals surface area contributed by atoms with Gasteiger partial charge in [0.25, 0.3) is 5.69 Å². The molecule has 1 heterocycles. The highest BCUT2D eigenvalue weighted by atomic mass is 32.1. The van der Waals surface area contributed by atoms with Crippen LogP contribution in [0.25, 0.3) is 0 Å². The van der Waals surface area contributed by atoms with Gasteiger partial charge in [0.15, 0.2) is 0 Å². The zero-order valence-corrected chi connectivity index (χ0v) is 12.7. The minimum atomic E-state index is -0.339. The Morgan fingerprint density at radius 1 is 1.33 bits per heavy atom. The SMILES string of the molecule is CC(NC(c1cccs1)C1CC1)c1cccc([N+](=O)[O-])c1. The first-order chi connectivity index (χ1) is 10.1.